The number of hydrogen-bond donors (Lipinski definition) is 1. The number of carbonyl (C=O) groups excluding carboxylic acids is 2. The molecule has 1 N–H and O–H groups in total. The van der Waals surface area contributed by atoms with Gasteiger partial charge in [0.15, 0.2) is 0 Å². The SMILES string of the molecule is O=C(NCCCN1CCOCC1)c1csc(C2CCN(C(=O)c3ccccc3-c3ccc(C(F)(F)F)cc3)CC2)n1. The summed E-state index contributed by atoms with van der Waals surface area (Å²) >= 11 is 1.48. The van der Waals surface area contributed by atoms with E-state index in [0.29, 0.717) is 42.0 Å². The molecule has 41 heavy (non-hydrogen) atoms. The van der Waals surface area contributed by atoms with Gasteiger partial charge in [-0.1, -0.05) is 30.3 Å². The molecule has 11 heteroatoms. The van der Waals surface area contributed by atoms with Crippen molar-refractivity contribution >= 4 is 23.2 Å². The molecule has 2 fully saturated rings. The number of carbonyl (C=O) groups is 2. The van der Waals surface area contributed by atoms with Gasteiger partial charge in [0.1, 0.15) is 5.69 Å². The minimum Gasteiger partial charge on any atom is -0.379 e. The van der Waals surface area contributed by atoms with Gasteiger partial charge in [-0.25, -0.2) is 4.98 Å². The Labute approximate surface area is 241 Å². The predicted molar refractivity (Wildman–Crippen MR) is 151 cm³/mol. The molecule has 218 valence electrons. The van der Waals surface area contributed by atoms with Crippen molar-refractivity contribution in [3.05, 3.63) is 75.7 Å². The van der Waals surface area contributed by atoms with E-state index in [1.54, 1.807) is 34.5 Å². The zero-order valence-electron chi connectivity index (χ0n) is 22.7. The average Bonchev–Trinajstić information content (AvgIpc) is 3.50. The van der Waals surface area contributed by atoms with Crippen LogP contribution in [0.5, 0.6) is 0 Å². The van der Waals surface area contributed by atoms with Gasteiger partial charge in [-0.3, -0.25) is 14.5 Å². The summed E-state index contributed by atoms with van der Waals surface area (Å²) < 4.78 is 44.4. The second-order valence-electron chi connectivity index (χ2n) is 10.3. The van der Waals surface area contributed by atoms with Crippen LogP contribution in [0.25, 0.3) is 11.1 Å². The maximum Gasteiger partial charge on any atom is 0.416 e. The van der Waals surface area contributed by atoms with E-state index in [9.17, 15) is 22.8 Å². The molecule has 3 heterocycles. The lowest BCUT2D eigenvalue weighted by molar-refractivity contribution is -0.137. The van der Waals surface area contributed by atoms with Crippen molar-refractivity contribution < 1.29 is 27.5 Å². The molecule has 2 aliphatic rings. The highest BCUT2D eigenvalue weighted by Gasteiger charge is 2.31. The maximum atomic E-state index is 13.5. The minimum atomic E-state index is -4.41. The van der Waals surface area contributed by atoms with E-state index in [-0.39, 0.29) is 17.7 Å². The fourth-order valence-electron chi connectivity index (χ4n) is 5.26. The van der Waals surface area contributed by atoms with Gasteiger partial charge >= 0.3 is 6.18 Å². The highest BCUT2D eigenvalue weighted by Crippen LogP contribution is 2.34. The molecule has 5 rings (SSSR count). The molecule has 0 unspecified atom stereocenters. The number of alkyl halides is 3. The van der Waals surface area contributed by atoms with Crippen LogP contribution in [0, 0.1) is 0 Å². The summed E-state index contributed by atoms with van der Waals surface area (Å²) in [6.07, 6.45) is -2.09. The molecule has 7 nitrogen and oxygen atoms in total. The summed E-state index contributed by atoms with van der Waals surface area (Å²) in [5.41, 5.74) is 1.34. The highest BCUT2D eigenvalue weighted by molar-refractivity contribution is 7.09. The third kappa shape index (κ3) is 7.33. The summed E-state index contributed by atoms with van der Waals surface area (Å²) in [7, 11) is 0. The zero-order chi connectivity index (χ0) is 28.8. The van der Waals surface area contributed by atoms with Crippen LogP contribution < -0.4 is 5.32 Å². The molecular formula is C30H33F3N4O3S. The van der Waals surface area contributed by atoms with E-state index < -0.39 is 11.7 Å². The van der Waals surface area contributed by atoms with Crippen molar-refractivity contribution in [1.29, 1.82) is 0 Å². The van der Waals surface area contributed by atoms with Gasteiger partial charge < -0.3 is 15.0 Å². The first-order valence-electron chi connectivity index (χ1n) is 13.9. The van der Waals surface area contributed by atoms with Gasteiger partial charge in [-0.2, -0.15) is 13.2 Å². The number of benzene rings is 2. The van der Waals surface area contributed by atoms with Gasteiger partial charge in [0.05, 0.1) is 23.8 Å². The van der Waals surface area contributed by atoms with Gasteiger partial charge in [0, 0.05) is 49.6 Å². The van der Waals surface area contributed by atoms with Crippen LogP contribution in [-0.2, 0) is 10.9 Å². The lowest BCUT2D eigenvalue weighted by atomic mass is 9.94. The normalized spacial score (nSPS) is 17.0. The number of nitrogens with zero attached hydrogens (tertiary/aromatic N) is 3. The van der Waals surface area contributed by atoms with E-state index >= 15 is 0 Å². The zero-order valence-corrected chi connectivity index (χ0v) is 23.5. The number of piperidine rings is 1. The van der Waals surface area contributed by atoms with Gasteiger partial charge in [-0.05, 0) is 55.1 Å². The highest BCUT2D eigenvalue weighted by atomic mass is 32.1. The maximum absolute atomic E-state index is 13.5. The Morgan fingerprint density at radius 1 is 1.00 bits per heavy atom. The molecule has 3 aromatic rings. The second-order valence-corrected chi connectivity index (χ2v) is 11.2. The number of ether oxygens (including phenoxy) is 1. The summed E-state index contributed by atoms with van der Waals surface area (Å²) in [4.78, 5) is 34.8. The summed E-state index contributed by atoms with van der Waals surface area (Å²) in [5.74, 6) is -0.144. The number of rotatable bonds is 8. The third-order valence-corrected chi connectivity index (χ3v) is 8.61. The van der Waals surface area contributed by atoms with Crippen molar-refractivity contribution in [2.45, 2.75) is 31.4 Å². The minimum absolute atomic E-state index is 0.143. The molecular weight excluding hydrogens is 553 g/mol. The number of aromatic nitrogens is 1. The van der Waals surface area contributed by atoms with Gasteiger partial charge in [0.2, 0.25) is 0 Å². The molecule has 2 saturated heterocycles. The Morgan fingerprint density at radius 2 is 1.71 bits per heavy atom. The summed E-state index contributed by atoms with van der Waals surface area (Å²) in [5, 5.41) is 5.66. The number of halogens is 3. The smallest absolute Gasteiger partial charge is 0.379 e. The first-order valence-corrected chi connectivity index (χ1v) is 14.8. The number of nitrogens with one attached hydrogen (secondary N) is 1. The van der Waals surface area contributed by atoms with Crippen molar-refractivity contribution in [3.63, 3.8) is 0 Å². The van der Waals surface area contributed by atoms with Crippen LogP contribution in [0.2, 0.25) is 0 Å². The largest absolute Gasteiger partial charge is 0.416 e. The van der Waals surface area contributed by atoms with Crippen molar-refractivity contribution in [2.75, 3.05) is 52.5 Å². The Kier molecular flexibility index (Phi) is 9.36. The van der Waals surface area contributed by atoms with E-state index in [1.165, 1.54) is 23.5 Å². The fourth-order valence-corrected chi connectivity index (χ4v) is 6.23. The monoisotopic (exact) mass is 586 g/mol. The number of morpholine rings is 1. The van der Waals surface area contributed by atoms with Crippen molar-refractivity contribution in [3.8, 4) is 11.1 Å². The molecule has 2 amide bonds. The Bertz CT molecular complexity index is 1330. The fraction of sp³-hybridized carbons (Fsp3) is 0.433. The predicted octanol–water partition coefficient (Wildman–Crippen LogP) is 5.30. The van der Waals surface area contributed by atoms with Crippen LogP contribution in [-0.4, -0.2) is 79.1 Å². The third-order valence-electron chi connectivity index (χ3n) is 7.61. The summed E-state index contributed by atoms with van der Waals surface area (Å²) in [6, 6.07) is 11.9. The summed E-state index contributed by atoms with van der Waals surface area (Å²) in [6.45, 7) is 5.98. The first-order chi connectivity index (χ1) is 19.8. The van der Waals surface area contributed by atoms with Crippen LogP contribution in [0.4, 0.5) is 13.2 Å². The second kappa shape index (κ2) is 13.1. The lowest BCUT2D eigenvalue weighted by Gasteiger charge is -2.31. The molecule has 2 aromatic carbocycles. The van der Waals surface area contributed by atoms with Crippen molar-refractivity contribution in [2.24, 2.45) is 0 Å². The number of amides is 2. The van der Waals surface area contributed by atoms with Crippen LogP contribution >= 0.6 is 11.3 Å². The molecule has 0 radical (unpaired) electrons. The van der Waals surface area contributed by atoms with Crippen molar-refractivity contribution in [1.82, 2.24) is 20.1 Å². The quantitative estimate of drug-likeness (QED) is 0.363. The molecule has 0 aliphatic carbocycles. The number of thiazole rings is 1. The molecule has 2 aliphatic heterocycles. The standard InChI is InChI=1S/C30H33F3N4O3S/c31-30(32,33)23-8-6-21(7-9-23)24-4-1-2-5-25(24)29(39)37-14-10-22(11-15-37)28-35-26(20-41-28)27(38)34-12-3-13-36-16-18-40-19-17-36/h1-2,4-9,20,22H,3,10-19H2,(H,34,38). The molecule has 0 saturated carbocycles. The van der Waals surface area contributed by atoms with E-state index in [2.05, 4.69) is 15.2 Å². The Morgan fingerprint density at radius 3 is 2.41 bits per heavy atom. The van der Waals surface area contributed by atoms with Crippen LogP contribution in [0.3, 0.4) is 0 Å². The van der Waals surface area contributed by atoms with E-state index in [4.69, 9.17) is 4.74 Å². The molecule has 0 bridgehead atoms. The number of likely N-dealkylation sites (tertiary alicyclic amines) is 1. The lowest BCUT2D eigenvalue weighted by Crippen LogP contribution is -2.38. The first kappa shape index (κ1) is 29.2. The molecule has 0 atom stereocenters. The van der Waals surface area contributed by atoms with E-state index in [1.807, 2.05) is 0 Å². The average molecular weight is 587 g/mol. The van der Waals surface area contributed by atoms with Crippen LogP contribution in [0.15, 0.2) is 53.9 Å². The Hall–Kier alpha value is -3.28. The van der Waals surface area contributed by atoms with Gasteiger partial charge in [0.25, 0.3) is 11.8 Å². The topological polar surface area (TPSA) is 74.8 Å². The molecule has 0 spiro atoms. The number of hydrogen-bond acceptors (Lipinski definition) is 6. The van der Waals surface area contributed by atoms with Crippen LogP contribution in [0.1, 0.15) is 56.6 Å². The molecule has 1 aromatic heterocycles. The Balaban J connectivity index is 1.14. The van der Waals surface area contributed by atoms with E-state index in [0.717, 1.165) is 69.3 Å². The van der Waals surface area contributed by atoms with Gasteiger partial charge in [-0.15, -0.1) is 11.3 Å².